The predicted molar refractivity (Wildman–Crippen MR) is 242 cm³/mol. The summed E-state index contributed by atoms with van der Waals surface area (Å²) in [6, 6.07) is 17.0. The number of carbonyl (C=O) groups is 1. The highest BCUT2D eigenvalue weighted by molar-refractivity contribution is 6.31. The van der Waals surface area contributed by atoms with Crippen LogP contribution in [0.15, 0.2) is 73.3 Å². The first-order valence-electron chi connectivity index (χ1n) is 20.8. The molecule has 0 saturated heterocycles. The van der Waals surface area contributed by atoms with Gasteiger partial charge in [0.15, 0.2) is 23.0 Å². The molecule has 2 heterocycles. The molecule has 1 amide bonds. The van der Waals surface area contributed by atoms with Crippen LogP contribution in [0.5, 0.6) is 23.0 Å². The topological polar surface area (TPSA) is 145 Å². The fourth-order valence-electron chi connectivity index (χ4n) is 7.89. The molecule has 0 spiro atoms. The summed E-state index contributed by atoms with van der Waals surface area (Å²) in [7, 11) is 7.06. The number of hydrogen-bond acceptors (Lipinski definition) is 12. The minimum absolute atomic E-state index is 0.0184. The number of amides is 1. The molecular weight excluding hydrogens is 853 g/mol. The van der Waals surface area contributed by atoms with E-state index in [2.05, 4.69) is 35.9 Å². The van der Waals surface area contributed by atoms with Gasteiger partial charge in [-0.05, 0) is 107 Å². The monoisotopic (exact) mass is 902 g/mol. The highest BCUT2D eigenvalue weighted by atomic mass is 35.5. The highest BCUT2D eigenvalue weighted by Crippen LogP contribution is 2.39. The first-order chi connectivity index (χ1) is 30.4. The van der Waals surface area contributed by atoms with E-state index in [1.807, 2.05) is 43.3 Å². The number of aromatic nitrogens is 4. The maximum absolute atomic E-state index is 13.5. The molecule has 2 fully saturated rings. The third-order valence-electron chi connectivity index (χ3n) is 11.6. The SMILES string of the molecule is CN[C@H]1CC[C@H](Oc2cc3c(Nc4ccc(F)c(Cl)c4)ncnc3cc2OC)CC1.COc1cc2ncnc(Nc3ccc(F)c(Cl)c3)c2cc1O[C@H]1CC[C@@H](N(C)C(C)=O)CC1. The minimum atomic E-state index is -0.487. The summed E-state index contributed by atoms with van der Waals surface area (Å²) < 4.78 is 50.7. The van der Waals surface area contributed by atoms with Crippen molar-refractivity contribution < 1.29 is 32.5 Å². The number of nitrogens with zero attached hydrogens (tertiary/aromatic N) is 5. The lowest BCUT2D eigenvalue weighted by atomic mass is 9.92. The standard InChI is InChI=1S/C24H26ClFN4O3.C22H24ClFN4O2/c1-14(31)30(2)16-5-7-17(8-6-16)33-23-11-18-21(12-22(23)32-3)27-13-28-24(18)29-15-4-9-20(26)19(25)10-15;1-25-13-3-6-15(7-4-13)30-21-10-16-19(11-20(21)29-2)26-12-27-22(16)28-14-5-8-18(24)17(23)9-14/h4,9-13,16-17H,5-8H2,1-3H3,(H,27,28,29);5,8-13,15,25H,3-4,6-7H2,1-2H3,(H,26,27,28)/t16-,17+;13-,15-. The summed E-state index contributed by atoms with van der Waals surface area (Å²) in [5.74, 6) is 2.72. The molecule has 0 bridgehead atoms. The summed E-state index contributed by atoms with van der Waals surface area (Å²) in [4.78, 5) is 30.9. The number of carbonyl (C=O) groups excluding carboxylic acids is 1. The second kappa shape index (κ2) is 20.6. The third kappa shape index (κ3) is 11.1. The molecule has 2 aromatic heterocycles. The van der Waals surface area contributed by atoms with Gasteiger partial charge in [0.2, 0.25) is 5.91 Å². The number of ether oxygens (including phenoxy) is 4. The maximum atomic E-state index is 13.5. The van der Waals surface area contributed by atoms with Crippen molar-refractivity contribution in [2.75, 3.05) is 38.9 Å². The van der Waals surface area contributed by atoms with E-state index in [0.29, 0.717) is 63.1 Å². The van der Waals surface area contributed by atoms with Crippen molar-refractivity contribution in [2.45, 2.75) is 82.6 Å². The lowest BCUT2D eigenvalue weighted by Gasteiger charge is -2.34. The molecule has 13 nitrogen and oxygen atoms in total. The zero-order chi connectivity index (χ0) is 44.6. The molecule has 2 saturated carbocycles. The Labute approximate surface area is 374 Å². The number of fused-ring (bicyclic) bond motifs is 2. The number of rotatable bonds is 12. The Balaban J connectivity index is 0.000000190. The number of anilines is 4. The normalized spacial score (nSPS) is 18.5. The molecule has 17 heteroatoms. The molecule has 8 rings (SSSR count). The smallest absolute Gasteiger partial charge is 0.219 e. The Morgan fingerprint density at radius 1 is 0.651 bits per heavy atom. The molecule has 4 aromatic carbocycles. The van der Waals surface area contributed by atoms with Crippen LogP contribution >= 0.6 is 23.2 Å². The molecule has 6 aromatic rings. The largest absolute Gasteiger partial charge is 0.493 e. The van der Waals surface area contributed by atoms with E-state index in [-0.39, 0.29) is 34.2 Å². The third-order valence-corrected chi connectivity index (χ3v) is 12.1. The first kappa shape index (κ1) is 45.3. The fourth-order valence-corrected chi connectivity index (χ4v) is 8.25. The van der Waals surface area contributed by atoms with Crippen LogP contribution in [0.1, 0.15) is 58.3 Å². The average molecular weight is 904 g/mol. The molecule has 0 radical (unpaired) electrons. The van der Waals surface area contributed by atoms with Gasteiger partial charge in [-0.15, -0.1) is 0 Å². The van der Waals surface area contributed by atoms with Gasteiger partial charge in [0.05, 0.1) is 47.5 Å². The van der Waals surface area contributed by atoms with Crippen LogP contribution in [-0.4, -0.2) is 83.3 Å². The highest BCUT2D eigenvalue weighted by Gasteiger charge is 2.28. The molecule has 0 aliphatic heterocycles. The van der Waals surface area contributed by atoms with Crippen molar-refractivity contribution in [3.8, 4) is 23.0 Å². The second-order valence-corrected chi connectivity index (χ2v) is 16.4. The van der Waals surface area contributed by atoms with Gasteiger partial charge in [0, 0.05) is 60.3 Å². The van der Waals surface area contributed by atoms with Crippen LogP contribution in [0, 0.1) is 11.6 Å². The van der Waals surface area contributed by atoms with Crippen LogP contribution in [0.2, 0.25) is 10.0 Å². The van der Waals surface area contributed by atoms with Crippen LogP contribution in [0.3, 0.4) is 0 Å². The molecule has 0 atom stereocenters. The molecule has 63 heavy (non-hydrogen) atoms. The van der Waals surface area contributed by atoms with Crippen molar-refractivity contribution in [2.24, 2.45) is 0 Å². The van der Waals surface area contributed by atoms with Crippen molar-refractivity contribution >= 4 is 73.9 Å². The van der Waals surface area contributed by atoms with Gasteiger partial charge in [0.1, 0.15) is 35.9 Å². The van der Waals surface area contributed by atoms with Crippen molar-refractivity contribution in [1.29, 1.82) is 0 Å². The summed E-state index contributed by atoms with van der Waals surface area (Å²) in [6.07, 6.45) is 10.7. The van der Waals surface area contributed by atoms with Gasteiger partial charge in [0.25, 0.3) is 0 Å². The predicted octanol–water partition coefficient (Wildman–Crippen LogP) is 10.4. The molecular formula is C46H50Cl2F2N8O5. The number of methoxy groups -OCH3 is 2. The molecule has 2 aliphatic carbocycles. The van der Waals surface area contributed by atoms with Crippen LogP contribution < -0.4 is 34.9 Å². The zero-order valence-electron chi connectivity index (χ0n) is 35.7. The van der Waals surface area contributed by atoms with E-state index >= 15 is 0 Å². The fraction of sp³-hybridized carbons (Fsp3) is 0.370. The lowest BCUT2D eigenvalue weighted by Crippen LogP contribution is -2.40. The summed E-state index contributed by atoms with van der Waals surface area (Å²) in [6.45, 7) is 1.59. The zero-order valence-corrected chi connectivity index (χ0v) is 37.2. The van der Waals surface area contributed by atoms with E-state index in [4.69, 9.17) is 42.1 Å². The van der Waals surface area contributed by atoms with Crippen LogP contribution in [-0.2, 0) is 4.79 Å². The van der Waals surface area contributed by atoms with Gasteiger partial charge in [-0.25, -0.2) is 28.7 Å². The molecule has 3 N–H and O–H groups in total. The number of nitrogens with one attached hydrogen (secondary N) is 3. The van der Waals surface area contributed by atoms with Crippen molar-refractivity contribution in [1.82, 2.24) is 30.2 Å². The molecule has 0 unspecified atom stereocenters. The van der Waals surface area contributed by atoms with E-state index < -0.39 is 11.6 Å². The Morgan fingerprint density at radius 2 is 1.10 bits per heavy atom. The molecule has 332 valence electrons. The molecule has 2 aliphatic rings. The van der Waals surface area contributed by atoms with Crippen LogP contribution in [0.25, 0.3) is 21.8 Å². The maximum Gasteiger partial charge on any atom is 0.219 e. The van der Waals surface area contributed by atoms with E-state index in [1.165, 1.54) is 36.9 Å². The van der Waals surface area contributed by atoms with Gasteiger partial charge < -0.3 is 39.8 Å². The van der Waals surface area contributed by atoms with Crippen molar-refractivity contribution in [3.05, 3.63) is 95.0 Å². The first-order valence-corrected chi connectivity index (χ1v) is 21.5. The van der Waals surface area contributed by atoms with Gasteiger partial charge in [-0.3, -0.25) is 4.79 Å². The van der Waals surface area contributed by atoms with Gasteiger partial charge >= 0.3 is 0 Å². The van der Waals surface area contributed by atoms with Crippen LogP contribution in [0.4, 0.5) is 31.8 Å². The van der Waals surface area contributed by atoms with Crippen molar-refractivity contribution in [3.63, 3.8) is 0 Å². The number of hydrogen-bond donors (Lipinski definition) is 3. The summed E-state index contributed by atoms with van der Waals surface area (Å²) in [5.41, 5.74) is 2.62. The number of halogens is 4. The lowest BCUT2D eigenvalue weighted by molar-refractivity contribution is -0.130. The summed E-state index contributed by atoms with van der Waals surface area (Å²) >= 11 is 11.8. The summed E-state index contributed by atoms with van der Waals surface area (Å²) in [5, 5.41) is 11.3. The van der Waals surface area contributed by atoms with Gasteiger partial charge in [-0.1, -0.05) is 23.2 Å². The average Bonchev–Trinajstić information content (AvgIpc) is 3.29. The second-order valence-electron chi connectivity index (χ2n) is 15.6. The quantitative estimate of drug-likeness (QED) is 0.107. The van der Waals surface area contributed by atoms with Gasteiger partial charge in [-0.2, -0.15) is 0 Å². The minimum Gasteiger partial charge on any atom is -0.493 e. The van der Waals surface area contributed by atoms with E-state index in [9.17, 15) is 13.6 Å². The Kier molecular flexibility index (Phi) is 14.8. The Hall–Kier alpha value is -5.77. The van der Waals surface area contributed by atoms with E-state index in [0.717, 1.165) is 62.1 Å². The Bertz CT molecular complexity index is 2560. The van der Waals surface area contributed by atoms with E-state index in [1.54, 1.807) is 33.3 Å². The number of benzene rings is 4. The Morgan fingerprint density at radius 3 is 1.49 bits per heavy atom.